The molecule has 2 N–H and O–H groups in total. The van der Waals surface area contributed by atoms with Gasteiger partial charge in [0.05, 0.1) is 6.61 Å². The van der Waals surface area contributed by atoms with Gasteiger partial charge in [-0.25, -0.2) is 4.98 Å². The lowest BCUT2D eigenvalue weighted by Crippen LogP contribution is -2.32. The Morgan fingerprint density at radius 2 is 2.17 bits per heavy atom. The van der Waals surface area contributed by atoms with Gasteiger partial charge in [0.25, 0.3) is 0 Å². The van der Waals surface area contributed by atoms with Crippen LogP contribution in [0.1, 0.15) is 26.7 Å². The zero-order chi connectivity index (χ0) is 13.0. The highest BCUT2D eigenvalue weighted by atomic mass is 16.3. The molecule has 98 valence electrons. The predicted molar refractivity (Wildman–Crippen MR) is 69.4 cm³/mol. The first-order chi connectivity index (χ1) is 8.74. The first-order valence-electron chi connectivity index (χ1n) is 6.24. The molecule has 2 heterocycles. The normalized spacial score (nSPS) is 11.9. The number of nitrogens with zero attached hydrogens (tertiary/aromatic N) is 4. The van der Waals surface area contributed by atoms with Crippen LogP contribution in [0.4, 0.5) is 5.82 Å². The number of hydrogen-bond acceptors (Lipinski definition) is 5. The van der Waals surface area contributed by atoms with Crippen molar-refractivity contribution in [1.82, 2.24) is 19.6 Å². The molecule has 0 saturated carbocycles. The van der Waals surface area contributed by atoms with Crippen LogP contribution in [0, 0.1) is 5.41 Å². The van der Waals surface area contributed by atoms with Crippen molar-refractivity contribution >= 4 is 11.5 Å². The van der Waals surface area contributed by atoms with E-state index in [9.17, 15) is 5.11 Å². The van der Waals surface area contributed by atoms with Crippen molar-refractivity contribution in [1.29, 1.82) is 0 Å². The molecule has 2 aromatic rings. The average Bonchev–Trinajstić information content (AvgIpc) is 2.90. The van der Waals surface area contributed by atoms with Crippen LogP contribution in [0.25, 0.3) is 5.65 Å². The zero-order valence-electron chi connectivity index (χ0n) is 10.8. The minimum atomic E-state index is -0.103. The number of fused-ring (bicyclic) bond motifs is 1. The maximum atomic E-state index is 9.53. The monoisotopic (exact) mass is 249 g/mol. The number of nitrogens with one attached hydrogen (secondary N) is 1. The van der Waals surface area contributed by atoms with E-state index >= 15 is 0 Å². The van der Waals surface area contributed by atoms with E-state index < -0.39 is 0 Å². The summed E-state index contributed by atoms with van der Waals surface area (Å²) in [6.45, 7) is 5.03. The van der Waals surface area contributed by atoms with Gasteiger partial charge in [-0.1, -0.05) is 13.8 Å². The molecule has 2 rings (SSSR count). The number of hydrogen-bond donors (Lipinski definition) is 2. The summed E-state index contributed by atoms with van der Waals surface area (Å²) >= 11 is 0. The third kappa shape index (κ3) is 2.28. The third-order valence-corrected chi connectivity index (χ3v) is 3.68. The van der Waals surface area contributed by atoms with Gasteiger partial charge in [-0.05, 0) is 12.8 Å². The van der Waals surface area contributed by atoms with Crippen LogP contribution in [-0.4, -0.2) is 37.8 Å². The lowest BCUT2D eigenvalue weighted by atomic mass is 9.83. The van der Waals surface area contributed by atoms with E-state index in [4.69, 9.17) is 0 Å². The molecule has 0 radical (unpaired) electrons. The van der Waals surface area contributed by atoms with Crippen LogP contribution in [0.2, 0.25) is 0 Å². The molecule has 0 aliphatic heterocycles. The van der Waals surface area contributed by atoms with Gasteiger partial charge in [-0.15, -0.1) is 10.2 Å². The maximum absolute atomic E-state index is 9.53. The number of aliphatic hydroxyl groups excluding tert-OH is 1. The largest absolute Gasteiger partial charge is 0.396 e. The fourth-order valence-electron chi connectivity index (χ4n) is 1.93. The summed E-state index contributed by atoms with van der Waals surface area (Å²) < 4.78 is 1.81. The standard InChI is InChI=1S/C12H19N5O/c1-3-12(4-2,8-18)7-14-10-11-16-15-9-17(11)6-5-13-10/h5-6,9,18H,3-4,7-8H2,1-2H3,(H,13,14). The van der Waals surface area contributed by atoms with Crippen LogP contribution < -0.4 is 5.32 Å². The summed E-state index contributed by atoms with van der Waals surface area (Å²) in [4.78, 5) is 4.27. The quantitative estimate of drug-likeness (QED) is 0.808. The van der Waals surface area contributed by atoms with Gasteiger partial charge in [-0.3, -0.25) is 4.40 Å². The topological polar surface area (TPSA) is 75.3 Å². The smallest absolute Gasteiger partial charge is 0.203 e. The van der Waals surface area contributed by atoms with Crippen molar-refractivity contribution in [2.45, 2.75) is 26.7 Å². The second kappa shape index (κ2) is 5.30. The van der Waals surface area contributed by atoms with E-state index in [0.717, 1.165) is 12.8 Å². The average molecular weight is 249 g/mol. The Morgan fingerprint density at radius 1 is 1.39 bits per heavy atom. The Labute approximate surface area is 106 Å². The summed E-state index contributed by atoms with van der Waals surface area (Å²) in [7, 11) is 0. The molecule has 0 amide bonds. The fourth-order valence-corrected chi connectivity index (χ4v) is 1.93. The molecule has 2 aromatic heterocycles. The highest BCUT2D eigenvalue weighted by Gasteiger charge is 2.25. The lowest BCUT2D eigenvalue weighted by Gasteiger charge is -2.29. The Hall–Kier alpha value is -1.69. The summed E-state index contributed by atoms with van der Waals surface area (Å²) in [5.74, 6) is 0.703. The molecule has 0 fully saturated rings. The van der Waals surface area contributed by atoms with Crippen molar-refractivity contribution in [3.63, 3.8) is 0 Å². The van der Waals surface area contributed by atoms with Crippen molar-refractivity contribution in [3.8, 4) is 0 Å². The van der Waals surface area contributed by atoms with Crippen molar-refractivity contribution < 1.29 is 5.11 Å². The minimum absolute atomic E-state index is 0.103. The summed E-state index contributed by atoms with van der Waals surface area (Å²) in [5.41, 5.74) is 0.602. The van der Waals surface area contributed by atoms with E-state index in [-0.39, 0.29) is 12.0 Å². The van der Waals surface area contributed by atoms with Crippen LogP contribution in [-0.2, 0) is 0 Å². The minimum Gasteiger partial charge on any atom is -0.396 e. The van der Waals surface area contributed by atoms with Gasteiger partial charge >= 0.3 is 0 Å². The molecule has 0 saturated heterocycles. The molecular weight excluding hydrogens is 230 g/mol. The third-order valence-electron chi connectivity index (χ3n) is 3.68. The number of anilines is 1. The Bertz CT molecular complexity index is 498. The molecule has 18 heavy (non-hydrogen) atoms. The van der Waals surface area contributed by atoms with Gasteiger partial charge in [0, 0.05) is 24.4 Å². The van der Waals surface area contributed by atoms with Gasteiger partial charge in [0.2, 0.25) is 5.65 Å². The van der Waals surface area contributed by atoms with Gasteiger partial charge in [0.15, 0.2) is 5.82 Å². The molecular formula is C12H19N5O. The molecule has 0 bridgehead atoms. The van der Waals surface area contributed by atoms with E-state index in [2.05, 4.69) is 34.3 Å². The molecule has 0 aliphatic rings. The van der Waals surface area contributed by atoms with Crippen molar-refractivity contribution in [2.75, 3.05) is 18.5 Å². The lowest BCUT2D eigenvalue weighted by molar-refractivity contribution is 0.127. The van der Waals surface area contributed by atoms with E-state index in [1.54, 1.807) is 18.7 Å². The zero-order valence-corrected chi connectivity index (χ0v) is 10.8. The van der Waals surface area contributed by atoms with Crippen LogP contribution in [0.3, 0.4) is 0 Å². The highest BCUT2D eigenvalue weighted by Crippen LogP contribution is 2.26. The summed E-state index contributed by atoms with van der Waals surface area (Å²) in [6, 6.07) is 0. The molecule has 6 nitrogen and oxygen atoms in total. The second-order valence-corrected chi connectivity index (χ2v) is 4.56. The maximum Gasteiger partial charge on any atom is 0.203 e. The highest BCUT2D eigenvalue weighted by molar-refractivity contribution is 5.61. The molecule has 0 unspecified atom stereocenters. The molecule has 0 spiro atoms. The second-order valence-electron chi connectivity index (χ2n) is 4.56. The molecule has 0 atom stereocenters. The number of aliphatic hydroxyl groups is 1. The van der Waals surface area contributed by atoms with Crippen LogP contribution >= 0.6 is 0 Å². The van der Waals surface area contributed by atoms with Gasteiger partial charge in [0.1, 0.15) is 6.33 Å². The predicted octanol–water partition coefficient (Wildman–Crippen LogP) is 1.33. The Morgan fingerprint density at radius 3 is 2.83 bits per heavy atom. The SMILES string of the molecule is CCC(CC)(CO)CNc1nccn2cnnc12. The van der Waals surface area contributed by atoms with Gasteiger partial charge in [-0.2, -0.15) is 0 Å². The molecule has 0 aromatic carbocycles. The van der Waals surface area contributed by atoms with Crippen LogP contribution in [0.15, 0.2) is 18.7 Å². The van der Waals surface area contributed by atoms with Gasteiger partial charge < -0.3 is 10.4 Å². The number of aromatic nitrogens is 4. The number of rotatable bonds is 6. The van der Waals surface area contributed by atoms with Crippen molar-refractivity contribution in [3.05, 3.63) is 18.7 Å². The Balaban J connectivity index is 2.17. The Kier molecular flexibility index (Phi) is 3.76. The summed E-state index contributed by atoms with van der Waals surface area (Å²) in [6.07, 6.45) is 6.99. The fraction of sp³-hybridized carbons (Fsp3) is 0.583. The first kappa shape index (κ1) is 12.8. The van der Waals surface area contributed by atoms with Crippen molar-refractivity contribution in [2.24, 2.45) is 5.41 Å². The molecule has 0 aliphatic carbocycles. The molecule has 6 heteroatoms. The summed E-state index contributed by atoms with van der Waals surface area (Å²) in [5, 5.41) is 20.7. The first-order valence-corrected chi connectivity index (χ1v) is 6.24. The van der Waals surface area contributed by atoms with E-state index in [0.29, 0.717) is 18.0 Å². The van der Waals surface area contributed by atoms with E-state index in [1.165, 1.54) is 0 Å². The van der Waals surface area contributed by atoms with Crippen LogP contribution in [0.5, 0.6) is 0 Å². The van der Waals surface area contributed by atoms with E-state index in [1.807, 2.05) is 4.40 Å².